The zero-order valence-corrected chi connectivity index (χ0v) is 11.2. The summed E-state index contributed by atoms with van der Waals surface area (Å²) in [6.07, 6.45) is 12.0. The molecular formula is C15H11N3S. The highest BCUT2D eigenvalue weighted by atomic mass is 32.1. The van der Waals surface area contributed by atoms with Crippen LogP contribution in [0.5, 0.6) is 0 Å². The Labute approximate surface area is 115 Å². The van der Waals surface area contributed by atoms with Gasteiger partial charge in [-0.1, -0.05) is 6.08 Å². The highest BCUT2D eigenvalue weighted by Crippen LogP contribution is 2.07. The normalized spacial score (nSPS) is 14.2. The maximum absolute atomic E-state index is 8.80. The van der Waals surface area contributed by atoms with Crippen LogP contribution in [0, 0.1) is 22.7 Å². The molecule has 0 fully saturated rings. The lowest BCUT2D eigenvalue weighted by molar-refractivity contribution is 0.620. The average Bonchev–Trinajstić information content (AvgIpc) is 2.88. The molecule has 0 amide bonds. The van der Waals surface area contributed by atoms with Gasteiger partial charge in [0.2, 0.25) is 0 Å². The Morgan fingerprint density at radius 2 is 1.84 bits per heavy atom. The maximum Gasteiger partial charge on any atom is 0.146 e. The number of hydrogen-bond acceptors (Lipinski definition) is 4. The number of nitrogens with zero attached hydrogens (tertiary/aromatic N) is 3. The molecule has 0 radical (unpaired) electrons. The van der Waals surface area contributed by atoms with Gasteiger partial charge in [0.25, 0.3) is 0 Å². The first-order valence-corrected chi connectivity index (χ1v) is 6.45. The SMILES string of the molecule is CN1C=CC(=CC=c2ccc(=C(C#N)C#N)s2)C=C1. The fourth-order valence-corrected chi connectivity index (χ4v) is 2.37. The minimum atomic E-state index is 0.163. The summed E-state index contributed by atoms with van der Waals surface area (Å²) in [6.45, 7) is 0. The Hall–Kier alpha value is -2.56. The first-order valence-electron chi connectivity index (χ1n) is 5.63. The lowest BCUT2D eigenvalue weighted by atomic mass is 10.2. The molecule has 19 heavy (non-hydrogen) atoms. The average molecular weight is 265 g/mol. The molecule has 1 aromatic heterocycles. The van der Waals surface area contributed by atoms with E-state index >= 15 is 0 Å². The van der Waals surface area contributed by atoms with E-state index in [1.807, 2.05) is 66.9 Å². The summed E-state index contributed by atoms with van der Waals surface area (Å²) in [5, 5.41) is 17.6. The zero-order valence-electron chi connectivity index (χ0n) is 10.4. The Balaban J connectivity index is 2.33. The second-order valence-corrected chi connectivity index (χ2v) is 5.05. The second-order valence-electron chi connectivity index (χ2n) is 3.93. The van der Waals surface area contributed by atoms with Crippen molar-refractivity contribution in [2.45, 2.75) is 0 Å². The van der Waals surface area contributed by atoms with Gasteiger partial charge in [0.1, 0.15) is 17.7 Å². The van der Waals surface area contributed by atoms with Gasteiger partial charge >= 0.3 is 0 Å². The van der Waals surface area contributed by atoms with Crippen molar-refractivity contribution in [2.24, 2.45) is 0 Å². The van der Waals surface area contributed by atoms with Crippen LogP contribution in [0.4, 0.5) is 0 Å². The summed E-state index contributed by atoms with van der Waals surface area (Å²) in [5.41, 5.74) is 1.27. The monoisotopic (exact) mass is 265 g/mol. The van der Waals surface area contributed by atoms with Crippen molar-refractivity contribution in [3.05, 3.63) is 57.4 Å². The van der Waals surface area contributed by atoms with E-state index in [0.717, 1.165) is 10.1 Å². The van der Waals surface area contributed by atoms with E-state index in [-0.39, 0.29) is 5.57 Å². The summed E-state index contributed by atoms with van der Waals surface area (Å²) in [7, 11) is 1.97. The van der Waals surface area contributed by atoms with Crippen LogP contribution in [0.1, 0.15) is 0 Å². The molecule has 0 aliphatic carbocycles. The Morgan fingerprint density at radius 1 is 1.16 bits per heavy atom. The lowest BCUT2D eigenvalue weighted by Crippen LogP contribution is -2.03. The highest BCUT2D eigenvalue weighted by Gasteiger charge is 1.96. The summed E-state index contributed by atoms with van der Waals surface area (Å²) in [4.78, 5) is 1.97. The van der Waals surface area contributed by atoms with Crippen molar-refractivity contribution >= 4 is 23.0 Å². The summed E-state index contributed by atoms with van der Waals surface area (Å²) < 4.78 is 1.73. The van der Waals surface area contributed by atoms with Crippen LogP contribution in [-0.2, 0) is 0 Å². The van der Waals surface area contributed by atoms with Gasteiger partial charge in [0, 0.05) is 24.0 Å². The minimum absolute atomic E-state index is 0.163. The molecule has 0 saturated heterocycles. The van der Waals surface area contributed by atoms with Gasteiger partial charge in [-0.25, -0.2) is 0 Å². The predicted octanol–water partition coefficient (Wildman–Crippen LogP) is 1.63. The van der Waals surface area contributed by atoms with E-state index in [9.17, 15) is 0 Å². The van der Waals surface area contributed by atoms with E-state index < -0.39 is 0 Å². The van der Waals surface area contributed by atoms with Crippen LogP contribution in [0.2, 0.25) is 0 Å². The van der Waals surface area contributed by atoms with Crippen molar-refractivity contribution in [1.82, 2.24) is 4.90 Å². The number of rotatable bonds is 1. The van der Waals surface area contributed by atoms with Gasteiger partial charge in [-0.05, 0) is 35.9 Å². The van der Waals surface area contributed by atoms with Gasteiger partial charge < -0.3 is 4.90 Å². The second kappa shape index (κ2) is 5.86. The number of nitriles is 2. The van der Waals surface area contributed by atoms with Crippen molar-refractivity contribution in [1.29, 1.82) is 10.5 Å². The Morgan fingerprint density at radius 3 is 2.47 bits per heavy atom. The molecule has 1 aliphatic heterocycles. The van der Waals surface area contributed by atoms with Gasteiger partial charge in [-0.2, -0.15) is 10.5 Å². The quantitative estimate of drug-likeness (QED) is 0.775. The van der Waals surface area contributed by atoms with Crippen molar-refractivity contribution in [3.63, 3.8) is 0 Å². The molecule has 0 saturated carbocycles. The molecule has 0 N–H and O–H groups in total. The minimum Gasteiger partial charge on any atom is -0.357 e. The lowest BCUT2D eigenvalue weighted by Gasteiger charge is -2.11. The molecule has 1 aromatic rings. The first-order chi connectivity index (χ1) is 9.22. The van der Waals surface area contributed by atoms with Gasteiger partial charge in [-0.15, -0.1) is 11.3 Å². The van der Waals surface area contributed by atoms with Gasteiger partial charge in [0.15, 0.2) is 0 Å². The molecule has 2 heterocycles. The molecule has 3 nitrogen and oxygen atoms in total. The maximum atomic E-state index is 8.80. The standard InChI is InChI=1S/C15H11N3S/c1-18-8-6-12(7-9-18)2-3-14-4-5-15(19-14)13(10-16)11-17/h2-9H,1H3. The molecular weight excluding hydrogens is 254 g/mol. The molecule has 0 bridgehead atoms. The van der Waals surface area contributed by atoms with Crippen LogP contribution in [0.3, 0.4) is 0 Å². The first kappa shape index (κ1) is 12.9. The molecule has 0 spiro atoms. The summed E-state index contributed by atoms with van der Waals surface area (Å²) >= 11 is 1.44. The Kier molecular flexibility index (Phi) is 3.97. The third kappa shape index (κ3) is 3.22. The summed E-state index contributed by atoms with van der Waals surface area (Å²) in [5.74, 6) is 0. The molecule has 4 heteroatoms. The number of thiophene rings is 1. The topological polar surface area (TPSA) is 50.8 Å². The van der Waals surface area contributed by atoms with E-state index in [1.165, 1.54) is 11.3 Å². The molecule has 0 aromatic carbocycles. The fraction of sp³-hybridized carbons (Fsp3) is 0.0667. The van der Waals surface area contributed by atoms with Crippen LogP contribution < -0.4 is 9.06 Å². The third-order valence-electron chi connectivity index (χ3n) is 2.54. The van der Waals surface area contributed by atoms with Crippen molar-refractivity contribution < 1.29 is 0 Å². The van der Waals surface area contributed by atoms with E-state index in [0.29, 0.717) is 4.53 Å². The van der Waals surface area contributed by atoms with Crippen molar-refractivity contribution in [3.8, 4) is 12.1 Å². The zero-order chi connectivity index (χ0) is 13.7. The van der Waals surface area contributed by atoms with Crippen molar-refractivity contribution in [2.75, 3.05) is 7.05 Å². The van der Waals surface area contributed by atoms with E-state index in [4.69, 9.17) is 10.5 Å². The highest BCUT2D eigenvalue weighted by molar-refractivity contribution is 7.07. The molecule has 0 atom stereocenters. The van der Waals surface area contributed by atoms with Gasteiger partial charge in [0.05, 0.1) is 4.53 Å². The van der Waals surface area contributed by atoms with Crippen LogP contribution in [-0.4, -0.2) is 11.9 Å². The molecule has 92 valence electrons. The van der Waals surface area contributed by atoms with Crippen LogP contribution in [0.15, 0.2) is 48.3 Å². The Bertz CT molecular complexity index is 732. The van der Waals surface area contributed by atoms with E-state index in [1.54, 1.807) is 6.07 Å². The fourth-order valence-electron chi connectivity index (χ4n) is 1.51. The largest absolute Gasteiger partial charge is 0.357 e. The molecule has 1 aliphatic rings. The summed E-state index contributed by atoms with van der Waals surface area (Å²) in [6, 6.07) is 7.51. The molecule has 0 unspecified atom stereocenters. The van der Waals surface area contributed by atoms with Crippen LogP contribution >= 0.6 is 11.3 Å². The smallest absolute Gasteiger partial charge is 0.146 e. The number of hydrogen-bond donors (Lipinski definition) is 0. The molecule has 2 rings (SSSR count). The van der Waals surface area contributed by atoms with Gasteiger partial charge in [-0.3, -0.25) is 0 Å². The predicted molar refractivity (Wildman–Crippen MR) is 76.8 cm³/mol. The number of allylic oxidation sites excluding steroid dienone is 4. The van der Waals surface area contributed by atoms with E-state index in [2.05, 4.69) is 0 Å². The van der Waals surface area contributed by atoms with Crippen LogP contribution in [0.25, 0.3) is 11.6 Å². The third-order valence-corrected chi connectivity index (χ3v) is 3.61.